The van der Waals surface area contributed by atoms with Crippen molar-refractivity contribution in [1.82, 2.24) is 9.80 Å². The van der Waals surface area contributed by atoms with Crippen LogP contribution in [-0.2, 0) is 4.79 Å². The molecule has 88 valence electrons. The fourth-order valence-corrected chi connectivity index (χ4v) is 1.79. The van der Waals surface area contributed by atoms with Crippen LogP contribution in [0.15, 0.2) is 0 Å². The van der Waals surface area contributed by atoms with Crippen LogP contribution in [0.3, 0.4) is 0 Å². The molecule has 0 saturated heterocycles. The minimum absolute atomic E-state index is 0.0507. The highest BCUT2D eigenvalue weighted by Gasteiger charge is 2.29. The van der Waals surface area contributed by atoms with Crippen LogP contribution in [0, 0.1) is 0 Å². The molecule has 0 aliphatic heterocycles. The Morgan fingerprint density at radius 3 is 2.40 bits per heavy atom. The van der Waals surface area contributed by atoms with E-state index in [2.05, 4.69) is 11.8 Å². The van der Waals surface area contributed by atoms with Gasteiger partial charge in [-0.25, -0.2) is 0 Å². The first-order chi connectivity index (χ1) is 7.22. The number of carbonyl (C=O) groups is 1. The zero-order valence-corrected chi connectivity index (χ0v) is 9.78. The highest BCUT2D eigenvalue weighted by molar-refractivity contribution is 5.78. The topological polar surface area (TPSA) is 43.8 Å². The first-order valence-corrected chi connectivity index (χ1v) is 5.85. The summed E-state index contributed by atoms with van der Waals surface area (Å²) in [6, 6.07) is 0.631. The van der Waals surface area contributed by atoms with Crippen molar-refractivity contribution in [2.75, 3.05) is 32.8 Å². The van der Waals surface area contributed by atoms with E-state index >= 15 is 0 Å². The fraction of sp³-hybridized carbons (Fsp3) is 0.909. The van der Waals surface area contributed by atoms with Gasteiger partial charge in [0, 0.05) is 19.1 Å². The van der Waals surface area contributed by atoms with Gasteiger partial charge in [-0.2, -0.15) is 0 Å². The van der Waals surface area contributed by atoms with Crippen LogP contribution in [0.5, 0.6) is 0 Å². The lowest BCUT2D eigenvalue weighted by molar-refractivity contribution is -0.132. The van der Waals surface area contributed by atoms with E-state index in [1.807, 2.05) is 6.92 Å². The molecule has 15 heavy (non-hydrogen) atoms. The fourth-order valence-electron chi connectivity index (χ4n) is 1.79. The van der Waals surface area contributed by atoms with Crippen molar-refractivity contribution in [2.45, 2.75) is 32.7 Å². The molecule has 1 aliphatic carbocycles. The van der Waals surface area contributed by atoms with Gasteiger partial charge >= 0.3 is 0 Å². The summed E-state index contributed by atoms with van der Waals surface area (Å²) in [5.41, 5.74) is 0. The smallest absolute Gasteiger partial charge is 0.236 e. The first-order valence-electron chi connectivity index (χ1n) is 5.85. The zero-order chi connectivity index (χ0) is 11.3. The summed E-state index contributed by atoms with van der Waals surface area (Å²) in [5, 5.41) is 8.82. The van der Waals surface area contributed by atoms with Crippen molar-refractivity contribution in [3.05, 3.63) is 0 Å². The predicted octanol–water partition coefficient (Wildman–Crippen LogP) is 0.311. The van der Waals surface area contributed by atoms with Crippen molar-refractivity contribution in [1.29, 1.82) is 0 Å². The summed E-state index contributed by atoms with van der Waals surface area (Å²) < 4.78 is 0. The Morgan fingerprint density at radius 2 is 2.00 bits per heavy atom. The number of hydrogen-bond acceptors (Lipinski definition) is 3. The summed E-state index contributed by atoms with van der Waals surface area (Å²) in [6.07, 6.45) is 2.46. The maximum absolute atomic E-state index is 11.8. The van der Waals surface area contributed by atoms with Crippen LogP contribution in [0.2, 0.25) is 0 Å². The zero-order valence-electron chi connectivity index (χ0n) is 9.78. The van der Waals surface area contributed by atoms with Crippen LogP contribution in [0.4, 0.5) is 0 Å². The molecule has 0 heterocycles. The molecule has 0 aromatic heterocycles. The first kappa shape index (κ1) is 12.5. The highest BCUT2D eigenvalue weighted by Crippen LogP contribution is 2.26. The molecule has 0 spiro atoms. The Bertz CT molecular complexity index is 205. The maximum Gasteiger partial charge on any atom is 0.236 e. The summed E-state index contributed by atoms with van der Waals surface area (Å²) in [6.45, 7) is 6.67. The number of likely N-dealkylation sites (N-methyl/N-ethyl adjacent to an activating group) is 2. The summed E-state index contributed by atoms with van der Waals surface area (Å²) in [4.78, 5) is 15.8. The lowest BCUT2D eigenvalue weighted by Crippen LogP contribution is -2.42. The van der Waals surface area contributed by atoms with E-state index in [-0.39, 0.29) is 12.5 Å². The number of rotatable bonds is 7. The number of hydrogen-bond donors (Lipinski definition) is 1. The molecule has 1 saturated carbocycles. The van der Waals surface area contributed by atoms with Crippen LogP contribution in [-0.4, -0.2) is 59.6 Å². The van der Waals surface area contributed by atoms with Gasteiger partial charge in [0.2, 0.25) is 5.91 Å². The van der Waals surface area contributed by atoms with E-state index in [0.717, 1.165) is 6.54 Å². The standard InChI is InChI=1S/C11H22N2O2/c1-3-12(7-8-14)11(15)9-13(4-2)10-5-6-10/h10,14H,3-9H2,1-2H3. The van der Waals surface area contributed by atoms with Crippen LogP contribution >= 0.6 is 0 Å². The van der Waals surface area contributed by atoms with E-state index < -0.39 is 0 Å². The van der Waals surface area contributed by atoms with Crippen LogP contribution in [0.1, 0.15) is 26.7 Å². The molecular weight excluding hydrogens is 192 g/mol. The quantitative estimate of drug-likeness (QED) is 0.663. The molecule has 1 amide bonds. The SMILES string of the molecule is CCN(CCO)C(=O)CN(CC)C1CC1. The van der Waals surface area contributed by atoms with Gasteiger partial charge in [0.25, 0.3) is 0 Å². The molecule has 0 bridgehead atoms. The summed E-state index contributed by atoms with van der Waals surface area (Å²) in [5.74, 6) is 0.139. The predicted molar refractivity (Wildman–Crippen MR) is 59.6 cm³/mol. The van der Waals surface area contributed by atoms with Crippen molar-refractivity contribution in [3.8, 4) is 0 Å². The third-order valence-electron chi connectivity index (χ3n) is 2.91. The van der Waals surface area contributed by atoms with Crippen molar-refractivity contribution >= 4 is 5.91 Å². The second kappa shape index (κ2) is 6.08. The molecule has 1 aliphatic rings. The molecule has 1 rings (SSSR count). The molecule has 4 nitrogen and oxygen atoms in total. The second-order valence-electron chi connectivity index (χ2n) is 3.99. The molecule has 0 radical (unpaired) electrons. The number of aliphatic hydroxyl groups is 1. The van der Waals surface area contributed by atoms with E-state index in [0.29, 0.717) is 25.7 Å². The molecule has 4 heteroatoms. The average Bonchev–Trinajstić information content (AvgIpc) is 3.05. The summed E-state index contributed by atoms with van der Waals surface area (Å²) >= 11 is 0. The minimum Gasteiger partial charge on any atom is -0.395 e. The Morgan fingerprint density at radius 1 is 1.33 bits per heavy atom. The van der Waals surface area contributed by atoms with E-state index in [1.54, 1.807) is 4.90 Å². The summed E-state index contributed by atoms with van der Waals surface area (Å²) in [7, 11) is 0. The Hall–Kier alpha value is -0.610. The monoisotopic (exact) mass is 214 g/mol. The van der Waals surface area contributed by atoms with Crippen LogP contribution in [0.25, 0.3) is 0 Å². The van der Waals surface area contributed by atoms with E-state index in [4.69, 9.17) is 5.11 Å². The van der Waals surface area contributed by atoms with Gasteiger partial charge < -0.3 is 10.0 Å². The Kier molecular flexibility index (Phi) is 5.05. The molecule has 0 unspecified atom stereocenters. The normalized spacial score (nSPS) is 15.7. The second-order valence-corrected chi connectivity index (χ2v) is 3.99. The van der Waals surface area contributed by atoms with Crippen molar-refractivity contribution < 1.29 is 9.90 Å². The lowest BCUT2D eigenvalue weighted by atomic mass is 10.4. The van der Waals surface area contributed by atoms with E-state index in [9.17, 15) is 4.79 Å². The minimum atomic E-state index is 0.0507. The highest BCUT2D eigenvalue weighted by atomic mass is 16.3. The van der Waals surface area contributed by atoms with Gasteiger partial charge in [0.15, 0.2) is 0 Å². The molecule has 0 aromatic carbocycles. The molecule has 0 atom stereocenters. The number of carbonyl (C=O) groups excluding carboxylic acids is 1. The van der Waals surface area contributed by atoms with E-state index in [1.165, 1.54) is 12.8 Å². The molecule has 0 aromatic rings. The third-order valence-corrected chi connectivity index (χ3v) is 2.91. The number of nitrogens with zero attached hydrogens (tertiary/aromatic N) is 2. The average molecular weight is 214 g/mol. The Labute approximate surface area is 91.9 Å². The maximum atomic E-state index is 11.8. The lowest BCUT2D eigenvalue weighted by Gasteiger charge is -2.25. The van der Waals surface area contributed by atoms with Crippen molar-refractivity contribution in [2.24, 2.45) is 0 Å². The molecule has 1 fully saturated rings. The van der Waals surface area contributed by atoms with Crippen molar-refractivity contribution in [3.63, 3.8) is 0 Å². The van der Waals surface area contributed by atoms with Crippen LogP contribution < -0.4 is 0 Å². The number of amides is 1. The Balaban J connectivity index is 2.36. The van der Waals surface area contributed by atoms with Gasteiger partial charge in [-0.3, -0.25) is 9.69 Å². The largest absolute Gasteiger partial charge is 0.395 e. The molecular formula is C11H22N2O2. The van der Waals surface area contributed by atoms with Gasteiger partial charge in [0.1, 0.15) is 0 Å². The third kappa shape index (κ3) is 3.80. The molecule has 1 N–H and O–H groups in total. The number of aliphatic hydroxyl groups excluding tert-OH is 1. The van der Waals surface area contributed by atoms with Gasteiger partial charge in [-0.15, -0.1) is 0 Å². The van der Waals surface area contributed by atoms with Gasteiger partial charge in [-0.1, -0.05) is 6.92 Å². The van der Waals surface area contributed by atoms with Gasteiger partial charge in [-0.05, 0) is 26.3 Å². The van der Waals surface area contributed by atoms with Gasteiger partial charge in [0.05, 0.1) is 13.2 Å².